The maximum absolute atomic E-state index is 14.3. The van der Waals surface area contributed by atoms with E-state index < -0.39 is 11.4 Å². The van der Waals surface area contributed by atoms with E-state index in [0.717, 1.165) is 11.1 Å². The van der Waals surface area contributed by atoms with Crippen LogP contribution < -0.4 is 0 Å². The summed E-state index contributed by atoms with van der Waals surface area (Å²) in [5.41, 5.74) is 1.99. The minimum atomic E-state index is -1.21. The number of nitrogens with zero attached hydrogens (tertiary/aromatic N) is 5. The van der Waals surface area contributed by atoms with Crippen LogP contribution in [0, 0.1) is 17.1 Å². The van der Waals surface area contributed by atoms with Crippen LogP contribution in [0.4, 0.5) is 4.39 Å². The number of aromatic nitrogens is 2. The second-order valence-electron chi connectivity index (χ2n) is 9.43. The van der Waals surface area contributed by atoms with Crippen molar-refractivity contribution in [2.24, 2.45) is 4.99 Å². The smallest absolute Gasteiger partial charge is 0.256 e. The maximum Gasteiger partial charge on any atom is 0.256 e. The zero-order valence-corrected chi connectivity index (χ0v) is 21.0. The number of Topliss-reactive ketones (excluding diaryl/α,β-unsaturated/α-hetero) is 1. The predicted molar refractivity (Wildman–Crippen MR) is 143 cm³/mol. The number of nitriles is 1. The Morgan fingerprint density at radius 3 is 2.05 bits per heavy atom. The number of amidine groups is 1. The number of amides is 1. The zero-order valence-electron chi connectivity index (χ0n) is 21.0. The van der Waals surface area contributed by atoms with E-state index in [1.807, 2.05) is 30.3 Å². The van der Waals surface area contributed by atoms with Gasteiger partial charge in [-0.2, -0.15) is 5.26 Å². The Kier molecular flexibility index (Phi) is 7.32. The minimum absolute atomic E-state index is 0.0739. The third kappa shape index (κ3) is 5.78. The molecule has 39 heavy (non-hydrogen) atoms. The Bertz CT molecular complexity index is 1520. The van der Waals surface area contributed by atoms with Crippen LogP contribution in [0.1, 0.15) is 39.0 Å². The van der Waals surface area contributed by atoms with Crippen molar-refractivity contribution in [1.29, 1.82) is 5.26 Å². The first-order valence-corrected chi connectivity index (χ1v) is 12.4. The average molecular weight is 518 g/mol. The largest absolute Gasteiger partial charge is 0.294 e. The fourth-order valence-electron chi connectivity index (χ4n) is 4.79. The highest BCUT2D eigenvalue weighted by Gasteiger charge is 2.48. The molecule has 4 aromatic rings. The molecule has 1 aliphatic rings. The van der Waals surface area contributed by atoms with Gasteiger partial charge < -0.3 is 0 Å². The molecule has 0 aliphatic carbocycles. The summed E-state index contributed by atoms with van der Waals surface area (Å²) in [7, 11) is 0. The molecule has 0 radical (unpaired) electrons. The molecule has 0 fully saturated rings. The van der Waals surface area contributed by atoms with Gasteiger partial charge in [0.15, 0.2) is 5.78 Å². The average Bonchev–Trinajstić information content (AvgIpc) is 3.19. The van der Waals surface area contributed by atoms with Crippen molar-refractivity contribution in [2.75, 3.05) is 0 Å². The number of aliphatic imine (C=N–C) groups is 1. The number of rotatable bonds is 9. The Hall–Kier alpha value is -5.03. The van der Waals surface area contributed by atoms with Crippen LogP contribution in [0.25, 0.3) is 0 Å². The molecular formula is C31H24FN5O2. The van der Waals surface area contributed by atoms with Crippen molar-refractivity contribution in [3.8, 4) is 6.07 Å². The van der Waals surface area contributed by atoms with Crippen LogP contribution in [-0.2, 0) is 24.2 Å². The molecule has 0 N–H and O–H groups in total. The van der Waals surface area contributed by atoms with Crippen LogP contribution in [0.2, 0.25) is 0 Å². The van der Waals surface area contributed by atoms with Crippen LogP contribution in [0.3, 0.4) is 0 Å². The Morgan fingerprint density at radius 2 is 1.49 bits per heavy atom. The van der Waals surface area contributed by atoms with Gasteiger partial charge in [0.25, 0.3) is 5.91 Å². The van der Waals surface area contributed by atoms with Gasteiger partial charge in [-0.3, -0.25) is 29.4 Å². The number of halogens is 1. The van der Waals surface area contributed by atoms with Crippen molar-refractivity contribution in [2.45, 2.75) is 31.3 Å². The minimum Gasteiger partial charge on any atom is -0.294 e. The molecule has 0 saturated heterocycles. The van der Waals surface area contributed by atoms with Gasteiger partial charge in [0.05, 0.1) is 24.6 Å². The van der Waals surface area contributed by atoms with Gasteiger partial charge in [-0.25, -0.2) is 4.39 Å². The Balaban J connectivity index is 1.55. The normalized spacial score (nSPS) is 14.1. The summed E-state index contributed by atoms with van der Waals surface area (Å²) in [6.45, 7) is 0.0739. The predicted octanol–water partition coefficient (Wildman–Crippen LogP) is 4.73. The standard InChI is InChI=1S/C31H24FN5O2/c32-27-3-1-2-25(16-27)21-37-29(17-28(38)26-6-4-24(20-33)5-7-26)36-31(30(37)39,18-22-8-12-34-13-9-22)19-23-10-14-35-15-11-23/h1-16H,17-19,21H2. The first-order chi connectivity index (χ1) is 19.0. The van der Waals surface area contributed by atoms with Gasteiger partial charge in [0.1, 0.15) is 17.2 Å². The summed E-state index contributed by atoms with van der Waals surface area (Å²) in [6.07, 6.45) is 7.13. The van der Waals surface area contributed by atoms with Crippen LogP contribution in [0.15, 0.2) is 103 Å². The van der Waals surface area contributed by atoms with E-state index in [-0.39, 0.29) is 24.7 Å². The van der Waals surface area contributed by atoms with Crippen LogP contribution >= 0.6 is 0 Å². The van der Waals surface area contributed by atoms with Gasteiger partial charge in [-0.1, -0.05) is 24.3 Å². The van der Waals surface area contributed by atoms with E-state index in [1.54, 1.807) is 61.2 Å². The molecule has 0 atom stereocenters. The number of carbonyl (C=O) groups is 2. The van der Waals surface area contributed by atoms with E-state index in [0.29, 0.717) is 35.4 Å². The molecule has 1 amide bonds. The fraction of sp³-hybridized carbons (Fsp3) is 0.161. The lowest BCUT2D eigenvalue weighted by Crippen LogP contribution is -2.45. The molecule has 2 aromatic heterocycles. The second-order valence-corrected chi connectivity index (χ2v) is 9.43. The quantitative estimate of drug-likeness (QED) is 0.299. The number of pyridine rings is 2. The summed E-state index contributed by atoms with van der Waals surface area (Å²) < 4.78 is 14.0. The van der Waals surface area contributed by atoms with Crippen molar-refractivity contribution in [3.05, 3.63) is 131 Å². The summed E-state index contributed by atoms with van der Waals surface area (Å²) in [6, 6.07) is 21.8. The molecule has 2 aromatic carbocycles. The molecule has 0 bridgehead atoms. The third-order valence-corrected chi connectivity index (χ3v) is 6.67. The summed E-state index contributed by atoms with van der Waals surface area (Å²) in [5, 5.41) is 9.09. The van der Waals surface area contributed by atoms with E-state index in [4.69, 9.17) is 10.3 Å². The number of benzene rings is 2. The lowest BCUT2D eigenvalue weighted by molar-refractivity contribution is -0.131. The van der Waals surface area contributed by atoms with Crippen molar-refractivity contribution in [3.63, 3.8) is 0 Å². The van der Waals surface area contributed by atoms with E-state index in [2.05, 4.69) is 9.97 Å². The first kappa shape index (κ1) is 25.6. The zero-order chi connectivity index (χ0) is 27.2. The number of ketones is 1. The fourth-order valence-corrected chi connectivity index (χ4v) is 4.79. The number of carbonyl (C=O) groups excluding carboxylic acids is 2. The van der Waals surface area contributed by atoms with Gasteiger partial charge in [-0.15, -0.1) is 0 Å². The van der Waals surface area contributed by atoms with Crippen LogP contribution in [-0.4, -0.2) is 37.9 Å². The SMILES string of the molecule is N#Cc1ccc(C(=O)CC2=NC(Cc3ccncc3)(Cc3ccncc3)C(=O)N2Cc2cccc(F)c2)cc1. The van der Waals surface area contributed by atoms with Crippen molar-refractivity contribution >= 4 is 17.5 Å². The molecule has 0 spiro atoms. The molecule has 1 aliphatic heterocycles. The van der Waals surface area contributed by atoms with Gasteiger partial charge >= 0.3 is 0 Å². The number of hydrogen-bond donors (Lipinski definition) is 0. The Labute approximate surface area is 225 Å². The Morgan fingerprint density at radius 1 is 0.872 bits per heavy atom. The summed E-state index contributed by atoms with van der Waals surface area (Å²) >= 11 is 0. The molecule has 5 rings (SSSR count). The van der Waals surface area contributed by atoms with E-state index in [1.165, 1.54) is 17.0 Å². The van der Waals surface area contributed by atoms with Gasteiger partial charge in [-0.05, 0) is 65.2 Å². The number of hydrogen-bond acceptors (Lipinski definition) is 6. The van der Waals surface area contributed by atoms with Gasteiger partial charge in [0, 0.05) is 43.2 Å². The van der Waals surface area contributed by atoms with Crippen molar-refractivity contribution in [1.82, 2.24) is 14.9 Å². The first-order valence-electron chi connectivity index (χ1n) is 12.4. The molecule has 0 unspecified atom stereocenters. The molecule has 7 nitrogen and oxygen atoms in total. The van der Waals surface area contributed by atoms with Crippen molar-refractivity contribution < 1.29 is 14.0 Å². The highest BCUT2D eigenvalue weighted by molar-refractivity contribution is 6.17. The highest BCUT2D eigenvalue weighted by atomic mass is 19.1. The van der Waals surface area contributed by atoms with E-state index in [9.17, 15) is 14.0 Å². The molecule has 0 saturated carbocycles. The molecule has 3 heterocycles. The van der Waals surface area contributed by atoms with Crippen LogP contribution in [0.5, 0.6) is 0 Å². The lowest BCUT2D eigenvalue weighted by Gasteiger charge is -2.27. The molecule has 8 heteroatoms. The summed E-state index contributed by atoms with van der Waals surface area (Å²) in [4.78, 5) is 42.2. The molecule has 192 valence electrons. The molecular weight excluding hydrogens is 493 g/mol. The third-order valence-electron chi connectivity index (χ3n) is 6.67. The van der Waals surface area contributed by atoms with E-state index >= 15 is 0 Å². The maximum atomic E-state index is 14.3. The highest BCUT2D eigenvalue weighted by Crippen LogP contribution is 2.33. The second kappa shape index (κ2) is 11.2. The lowest BCUT2D eigenvalue weighted by atomic mass is 9.85. The van der Waals surface area contributed by atoms with Gasteiger partial charge in [0.2, 0.25) is 0 Å². The summed E-state index contributed by atoms with van der Waals surface area (Å²) in [5.74, 6) is -0.588. The monoisotopic (exact) mass is 517 g/mol. The topological polar surface area (TPSA) is 99.3 Å².